The monoisotopic (exact) mass is 537 g/mol. The van der Waals surface area contributed by atoms with Crippen LogP contribution in [-0.4, -0.2) is 59.0 Å². The molecule has 0 fully saturated rings. The fraction of sp³-hybridized carbons (Fsp3) is 0.227. The van der Waals surface area contributed by atoms with Crippen molar-refractivity contribution in [2.45, 2.75) is 11.7 Å². The molecule has 0 aliphatic heterocycles. The molecule has 0 radical (unpaired) electrons. The van der Waals surface area contributed by atoms with Crippen molar-refractivity contribution in [3.05, 3.63) is 65.1 Å². The number of halogens is 2. The summed E-state index contributed by atoms with van der Waals surface area (Å²) in [7, 11) is -4.15. The van der Waals surface area contributed by atoms with Crippen molar-refractivity contribution in [2.75, 3.05) is 24.0 Å². The lowest BCUT2D eigenvalue weighted by molar-refractivity contribution is -0.135. The van der Waals surface area contributed by atoms with Gasteiger partial charge in [-0.15, -0.1) is 0 Å². The SMILES string of the molecule is NCCOc1cnc(-n2ccc3cc(N(CC(=O)O)S(=O)(=O)C4C=C(Cl)C=C(Cl)C4)ccc32)cn1. The van der Waals surface area contributed by atoms with Crippen LogP contribution >= 0.6 is 23.2 Å². The van der Waals surface area contributed by atoms with Crippen molar-refractivity contribution in [3.63, 3.8) is 0 Å². The Kier molecular flexibility index (Phi) is 7.31. The third kappa shape index (κ3) is 5.43. The Bertz CT molecular complexity index is 1420. The first-order chi connectivity index (χ1) is 16.7. The summed E-state index contributed by atoms with van der Waals surface area (Å²) in [5, 5.41) is 9.46. The molecule has 1 aliphatic rings. The second kappa shape index (κ2) is 10.2. The summed E-state index contributed by atoms with van der Waals surface area (Å²) in [5.74, 6) is -0.434. The number of carboxylic acids is 1. The Hall–Kier alpha value is -3.12. The molecule has 0 saturated heterocycles. The number of benzene rings is 1. The molecule has 1 aromatic carbocycles. The molecule has 3 N–H and O–H groups in total. The molecule has 0 bridgehead atoms. The summed E-state index contributed by atoms with van der Waals surface area (Å²) in [6.07, 6.45) is 7.59. The maximum absolute atomic E-state index is 13.4. The van der Waals surface area contributed by atoms with E-state index in [2.05, 4.69) is 9.97 Å². The van der Waals surface area contributed by atoms with E-state index >= 15 is 0 Å². The van der Waals surface area contributed by atoms with Crippen LogP contribution in [-0.2, 0) is 14.8 Å². The van der Waals surface area contributed by atoms with Gasteiger partial charge in [0.25, 0.3) is 0 Å². The van der Waals surface area contributed by atoms with Crippen LogP contribution in [0.1, 0.15) is 6.42 Å². The van der Waals surface area contributed by atoms with Crippen LogP contribution in [0.5, 0.6) is 5.88 Å². The minimum Gasteiger partial charge on any atom is -0.480 e. The number of aliphatic carboxylic acids is 1. The van der Waals surface area contributed by atoms with E-state index in [1.165, 1.54) is 30.6 Å². The zero-order chi connectivity index (χ0) is 25.2. The Labute approximate surface area is 211 Å². The van der Waals surface area contributed by atoms with Gasteiger partial charge < -0.3 is 15.6 Å². The second-order valence-electron chi connectivity index (χ2n) is 7.61. The van der Waals surface area contributed by atoms with Crippen LogP contribution < -0.4 is 14.8 Å². The first kappa shape index (κ1) is 25.0. The molecule has 13 heteroatoms. The van der Waals surface area contributed by atoms with Gasteiger partial charge in [-0.3, -0.25) is 13.7 Å². The van der Waals surface area contributed by atoms with Gasteiger partial charge in [0.15, 0.2) is 5.82 Å². The number of fused-ring (bicyclic) bond motifs is 1. The number of hydrogen-bond acceptors (Lipinski definition) is 7. The fourth-order valence-corrected chi connectivity index (χ4v) is 6.17. The molecule has 4 rings (SSSR count). The Balaban J connectivity index is 1.68. The van der Waals surface area contributed by atoms with Crippen LogP contribution in [0.2, 0.25) is 0 Å². The predicted octanol–water partition coefficient (Wildman–Crippen LogP) is 3.00. The molecule has 3 aromatic rings. The van der Waals surface area contributed by atoms with Crippen molar-refractivity contribution >= 4 is 55.8 Å². The first-order valence-electron chi connectivity index (χ1n) is 10.4. The predicted molar refractivity (Wildman–Crippen MR) is 134 cm³/mol. The smallest absolute Gasteiger partial charge is 0.324 e. The quantitative estimate of drug-likeness (QED) is 0.424. The van der Waals surface area contributed by atoms with Gasteiger partial charge in [0.1, 0.15) is 18.4 Å². The summed E-state index contributed by atoms with van der Waals surface area (Å²) >= 11 is 12.1. The topological polar surface area (TPSA) is 141 Å². The fourth-order valence-electron chi connectivity index (χ4n) is 3.65. The maximum atomic E-state index is 13.4. The lowest BCUT2D eigenvalue weighted by atomic mass is 10.2. The van der Waals surface area contributed by atoms with E-state index in [4.69, 9.17) is 33.7 Å². The molecule has 2 heterocycles. The van der Waals surface area contributed by atoms with E-state index in [1.807, 2.05) is 0 Å². The molecule has 184 valence electrons. The minimum absolute atomic E-state index is 0.00148. The van der Waals surface area contributed by atoms with Gasteiger partial charge in [-0.05, 0) is 36.4 Å². The summed E-state index contributed by atoms with van der Waals surface area (Å²) in [5.41, 5.74) is 6.34. The number of rotatable bonds is 9. The Morgan fingerprint density at radius 2 is 2.06 bits per heavy atom. The highest BCUT2D eigenvalue weighted by atomic mass is 35.5. The zero-order valence-electron chi connectivity index (χ0n) is 18.2. The number of sulfonamides is 1. The van der Waals surface area contributed by atoms with Crippen molar-refractivity contribution in [3.8, 4) is 11.7 Å². The molecule has 0 spiro atoms. The number of allylic oxidation sites excluding steroid dienone is 3. The zero-order valence-corrected chi connectivity index (χ0v) is 20.5. The molecule has 0 amide bonds. The van der Waals surface area contributed by atoms with E-state index in [-0.39, 0.29) is 22.2 Å². The summed E-state index contributed by atoms with van der Waals surface area (Å²) in [6.45, 7) is -0.0750. The number of aromatic nitrogens is 3. The number of carboxylic acid groups (broad SMARTS) is 1. The summed E-state index contributed by atoms with van der Waals surface area (Å²) in [4.78, 5) is 20.1. The average Bonchev–Trinajstić information content (AvgIpc) is 3.24. The molecule has 0 saturated carbocycles. The van der Waals surface area contributed by atoms with E-state index in [9.17, 15) is 18.3 Å². The molecular weight excluding hydrogens is 517 g/mol. The lowest BCUT2D eigenvalue weighted by Gasteiger charge is -2.28. The number of nitrogens with zero attached hydrogens (tertiary/aromatic N) is 4. The van der Waals surface area contributed by atoms with Crippen molar-refractivity contribution in [2.24, 2.45) is 5.73 Å². The highest BCUT2D eigenvalue weighted by Crippen LogP contribution is 2.32. The Morgan fingerprint density at radius 1 is 1.26 bits per heavy atom. The van der Waals surface area contributed by atoms with Crippen LogP contribution in [0.4, 0.5) is 5.69 Å². The summed E-state index contributed by atoms with van der Waals surface area (Å²) < 4.78 is 34.8. The highest BCUT2D eigenvalue weighted by molar-refractivity contribution is 7.93. The third-order valence-corrected chi connectivity index (χ3v) is 7.72. The molecule has 1 aliphatic carbocycles. The second-order valence-corrected chi connectivity index (χ2v) is 10.6. The van der Waals surface area contributed by atoms with E-state index in [1.54, 1.807) is 29.0 Å². The van der Waals surface area contributed by atoms with Gasteiger partial charge in [-0.2, -0.15) is 0 Å². The summed E-state index contributed by atoms with van der Waals surface area (Å²) in [6, 6.07) is 6.59. The van der Waals surface area contributed by atoms with Gasteiger partial charge in [0, 0.05) is 34.6 Å². The molecule has 10 nitrogen and oxygen atoms in total. The first-order valence-corrected chi connectivity index (χ1v) is 12.7. The van der Waals surface area contributed by atoms with Crippen LogP contribution in [0, 0.1) is 0 Å². The van der Waals surface area contributed by atoms with Gasteiger partial charge in [0.05, 0.1) is 23.6 Å². The van der Waals surface area contributed by atoms with E-state index in [0.29, 0.717) is 30.2 Å². The van der Waals surface area contributed by atoms with Gasteiger partial charge >= 0.3 is 5.97 Å². The molecular formula is C22H21Cl2N5O5S. The van der Waals surface area contributed by atoms with Gasteiger partial charge in [-0.25, -0.2) is 18.4 Å². The van der Waals surface area contributed by atoms with Crippen molar-refractivity contribution < 1.29 is 23.1 Å². The normalized spacial score (nSPS) is 16.0. The lowest BCUT2D eigenvalue weighted by Crippen LogP contribution is -2.41. The van der Waals surface area contributed by atoms with Crippen LogP contribution in [0.25, 0.3) is 16.7 Å². The maximum Gasteiger partial charge on any atom is 0.324 e. The van der Waals surface area contributed by atoms with Crippen LogP contribution in [0.15, 0.2) is 65.1 Å². The number of hydrogen-bond donors (Lipinski definition) is 2. The number of anilines is 1. The van der Waals surface area contributed by atoms with Gasteiger partial charge in [-0.1, -0.05) is 23.2 Å². The van der Waals surface area contributed by atoms with E-state index < -0.39 is 27.8 Å². The Morgan fingerprint density at radius 3 is 2.71 bits per heavy atom. The minimum atomic E-state index is -4.15. The van der Waals surface area contributed by atoms with Gasteiger partial charge in [0.2, 0.25) is 15.9 Å². The van der Waals surface area contributed by atoms with Crippen molar-refractivity contribution in [1.29, 1.82) is 0 Å². The molecule has 1 atom stereocenters. The largest absolute Gasteiger partial charge is 0.480 e. The third-order valence-electron chi connectivity index (χ3n) is 5.20. The number of ether oxygens (including phenoxy) is 1. The molecule has 2 aromatic heterocycles. The average molecular weight is 538 g/mol. The van der Waals surface area contributed by atoms with Crippen LogP contribution in [0.3, 0.4) is 0 Å². The molecule has 1 unspecified atom stereocenters. The standard InChI is InChI=1S/C22H21Cl2N5O5S/c23-15-8-16(24)10-18(9-15)35(32,33)29(13-22(30)31)17-1-2-19-14(7-17)3-5-28(19)20-11-27-21(12-26-20)34-6-4-25/h1-3,5,7-9,11-12,18H,4,6,10,13,25H2,(H,30,31). The number of carbonyl (C=O) groups is 1. The van der Waals surface area contributed by atoms with E-state index in [0.717, 1.165) is 9.82 Å². The highest BCUT2D eigenvalue weighted by Gasteiger charge is 2.34. The number of nitrogens with two attached hydrogens (primary N) is 1. The van der Waals surface area contributed by atoms with Crippen molar-refractivity contribution in [1.82, 2.24) is 14.5 Å². The molecule has 35 heavy (non-hydrogen) atoms.